The van der Waals surface area contributed by atoms with Crippen molar-refractivity contribution in [3.63, 3.8) is 0 Å². The summed E-state index contributed by atoms with van der Waals surface area (Å²) >= 11 is 3.92. The highest BCUT2D eigenvalue weighted by molar-refractivity contribution is 14.1. The van der Waals surface area contributed by atoms with Crippen LogP contribution in [0.1, 0.15) is 48.7 Å². The molecule has 1 N–H and O–H groups in total. The summed E-state index contributed by atoms with van der Waals surface area (Å²) in [7, 11) is 0. The number of hydrogen-bond donors (Lipinski definition) is 1. The fourth-order valence-corrected chi connectivity index (χ4v) is 5.30. The lowest BCUT2D eigenvalue weighted by Crippen LogP contribution is -2.25. The zero-order valence-corrected chi connectivity index (χ0v) is 18.9. The molecule has 2 heterocycles. The molecule has 1 amide bonds. The molecule has 2 aliphatic rings. The second-order valence-electron chi connectivity index (χ2n) is 7.58. The van der Waals surface area contributed by atoms with Crippen LogP contribution in [-0.2, 0) is 4.74 Å². The maximum absolute atomic E-state index is 12.6. The largest absolute Gasteiger partial charge is 0.356 e. The molecule has 2 aromatic carbocycles. The Morgan fingerprint density at radius 3 is 2.83 bits per heavy atom. The molecule has 5 nitrogen and oxygen atoms in total. The summed E-state index contributed by atoms with van der Waals surface area (Å²) in [6.07, 6.45) is 5.46. The lowest BCUT2D eigenvalue weighted by atomic mass is 10.2. The van der Waals surface area contributed by atoms with Gasteiger partial charge in [0.1, 0.15) is 3.70 Å². The van der Waals surface area contributed by atoms with Crippen molar-refractivity contribution in [2.75, 3.05) is 6.61 Å². The van der Waals surface area contributed by atoms with E-state index >= 15 is 0 Å². The summed E-state index contributed by atoms with van der Waals surface area (Å²) in [5.41, 5.74) is 1.83. The van der Waals surface area contributed by atoms with Crippen LogP contribution in [0.25, 0.3) is 10.9 Å². The van der Waals surface area contributed by atoms with Gasteiger partial charge in [-0.25, -0.2) is 4.68 Å². The van der Waals surface area contributed by atoms with E-state index in [1.54, 1.807) is 11.8 Å². The van der Waals surface area contributed by atoms with Crippen LogP contribution in [-0.4, -0.2) is 28.3 Å². The van der Waals surface area contributed by atoms with E-state index in [0.717, 1.165) is 62.2 Å². The smallest absolute Gasteiger partial charge is 0.252 e. The number of carbonyl (C=O) groups excluding carboxylic acids is 1. The third-order valence-electron chi connectivity index (χ3n) is 5.33. The minimum atomic E-state index is 0.00613. The first kappa shape index (κ1) is 19.4. The van der Waals surface area contributed by atoms with E-state index in [4.69, 9.17) is 9.84 Å². The van der Waals surface area contributed by atoms with Gasteiger partial charge in [-0.15, -0.1) is 0 Å². The van der Waals surface area contributed by atoms with Gasteiger partial charge in [0.25, 0.3) is 5.91 Å². The molecule has 7 heteroatoms. The lowest BCUT2D eigenvalue weighted by Gasteiger charge is -2.23. The highest BCUT2D eigenvalue weighted by Crippen LogP contribution is 2.35. The number of benzene rings is 2. The third kappa shape index (κ3) is 4.18. The Morgan fingerprint density at radius 1 is 1.17 bits per heavy atom. The molecule has 3 aromatic rings. The van der Waals surface area contributed by atoms with E-state index < -0.39 is 0 Å². The van der Waals surface area contributed by atoms with Crippen LogP contribution >= 0.6 is 34.4 Å². The van der Waals surface area contributed by atoms with E-state index in [-0.39, 0.29) is 12.1 Å². The Bertz CT molecular complexity index is 1060. The monoisotopic (exact) mass is 519 g/mol. The summed E-state index contributed by atoms with van der Waals surface area (Å²) in [6.45, 7) is 0.792. The van der Waals surface area contributed by atoms with Crippen molar-refractivity contribution in [2.24, 2.45) is 0 Å². The van der Waals surface area contributed by atoms with Crippen LogP contribution in [0.4, 0.5) is 0 Å². The zero-order chi connectivity index (χ0) is 19.8. The number of halogens is 1. The standard InChI is InChI=1S/C22H22IN3O2S/c23-21-16-11-10-15(13-18(16)26(25-21)20-7-3-4-12-28-20)29-19-6-2-1-5-17(19)22(27)24-14-8-9-14/h1-2,5-6,10-11,13-14,20H,3-4,7-9,12H2,(H,24,27). The van der Waals surface area contributed by atoms with Crippen LogP contribution in [0, 0.1) is 3.70 Å². The van der Waals surface area contributed by atoms with Gasteiger partial charge in [-0.1, -0.05) is 23.9 Å². The first-order valence-electron chi connectivity index (χ1n) is 10.1. The van der Waals surface area contributed by atoms with Crippen molar-refractivity contribution in [3.05, 3.63) is 51.7 Å². The third-order valence-corrected chi connectivity index (χ3v) is 7.20. The topological polar surface area (TPSA) is 56.2 Å². The molecular weight excluding hydrogens is 497 g/mol. The zero-order valence-electron chi connectivity index (χ0n) is 15.9. The predicted octanol–water partition coefficient (Wildman–Crippen LogP) is 5.38. The molecule has 1 unspecified atom stereocenters. The van der Waals surface area contributed by atoms with Crippen LogP contribution in [0.2, 0.25) is 0 Å². The molecule has 1 atom stereocenters. The molecule has 150 valence electrons. The van der Waals surface area contributed by atoms with Crippen molar-refractivity contribution in [1.29, 1.82) is 0 Å². The molecule has 5 rings (SSSR count). The highest BCUT2D eigenvalue weighted by atomic mass is 127. The van der Waals surface area contributed by atoms with Gasteiger partial charge in [-0.3, -0.25) is 4.79 Å². The van der Waals surface area contributed by atoms with E-state index in [1.165, 1.54) is 6.42 Å². The maximum Gasteiger partial charge on any atom is 0.252 e. The summed E-state index contributed by atoms with van der Waals surface area (Å²) in [5.74, 6) is 0.0203. The van der Waals surface area contributed by atoms with E-state index in [0.29, 0.717) is 6.04 Å². The van der Waals surface area contributed by atoms with Crippen LogP contribution in [0.15, 0.2) is 52.3 Å². The van der Waals surface area contributed by atoms with Crippen LogP contribution in [0.3, 0.4) is 0 Å². The van der Waals surface area contributed by atoms with Crippen molar-refractivity contribution < 1.29 is 9.53 Å². The van der Waals surface area contributed by atoms with Gasteiger partial charge in [0, 0.05) is 27.8 Å². The van der Waals surface area contributed by atoms with Gasteiger partial charge >= 0.3 is 0 Å². The van der Waals surface area contributed by atoms with Gasteiger partial charge < -0.3 is 10.1 Å². The number of aromatic nitrogens is 2. The van der Waals surface area contributed by atoms with Gasteiger partial charge in [0.2, 0.25) is 0 Å². The summed E-state index contributed by atoms with van der Waals surface area (Å²) in [6, 6.07) is 14.6. The molecule has 0 spiro atoms. The van der Waals surface area contributed by atoms with E-state index in [1.807, 2.05) is 28.9 Å². The van der Waals surface area contributed by atoms with Crippen molar-refractivity contribution >= 4 is 51.2 Å². The fourth-order valence-electron chi connectivity index (χ4n) is 3.64. The second-order valence-corrected chi connectivity index (χ2v) is 9.72. The first-order valence-corrected chi connectivity index (χ1v) is 12.0. The molecule has 1 saturated heterocycles. The molecule has 1 aliphatic heterocycles. The SMILES string of the molecule is O=C(NC1CC1)c1ccccc1Sc1ccc2c(I)nn(C3CCCCO3)c2c1. The Balaban J connectivity index is 1.46. The van der Waals surface area contributed by atoms with Crippen molar-refractivity contribution in [3.8, 4) is 0 Å². The molecule has 29 heavy (non-hydrogen) atoms. The molecule has 1 saturated carbocycles. The van der Waals surface area contributed by atoms with Gasteiger partial charge in [-0.05, 0) is 85.0 Å². The number of rotatable bonds is 5. The molecule has 2 fully saturated rings. The summed E-state index contributed by atoms with van der Waals surface area (Å²) < 4.78 is 9.00. The Morgan fingerprint density at radius 2 is 2.03 bits per heavy atom. The molecule has 1 aliphatic carbocycles. The normalized spacial score (nSPS) is 19.4. The number of nitrogens with one attached hydrogen (secondary N) is 1. The lowest BCUT2D eigenvalue weighted by molar-refractivity contribution is -0.0368. The van der Waals surface area contributed by atoms with Crippen molar-refractivity contribution in [2.45, 2.75) is 54.2 Å². The summed E-state index contributed by atoms with van der Waals surface area (Å²) in [5, 5.41) is 8.99. The first-order chi connectivity index (χ1) is 14.2. The summed E-state index contributed by atoms with van der Waals surface area (Å²) in [4.78, 5) is 14.7. The molecular formula is C22H22IN3O2S. The Kier molecular flexibility index (Phi) is 5.53. The number of ether oxygens (including phenoxy) is 1. The average molecular weight is 519 g/mol. The minimum absolute atomic E-state index is 0.00613. The highest BCUT2D eigenvalue weighted by Gasteiger charge is 2.25. The average Bonchev–Trinajstić information content (AvgIpc) is 3.50. The molecule has 0 radical (unpaired) electrons. The van der Waals surface area contributed by atoms with E-state index in [9.17, 15) is 4.79 Å². The Labute approximate surface area is 187 Å². The van der Waals surface area contributed by atoms with E-state index in [2.05, 4.69) is 46.1 Å². The van der Waals surface area contributed by atoms with Gasteiger partial charge in [0.15, 0.2) is 6.23 Å². The number of nitrogens with zero attached hydrogens (tertiary/aromatic N) is 2. The maximum atomic E-state index is 12.6. The van der Waals surface area contributed by atoms with Gasteiger partial charge in [0.05, 0.1) is 11.1 Å². The number of amides is 1. The second kappa shape index (κ2) is 8.28. The minimum Gasteiger partial charge on any atom is -0.356 e. The number of carbonyl (C=O) groups is 1. The van der Waals surface area contributed by atoms with Crippen molar-refractivity contribution in [1.82, 2.24) is 15.1 Å². The predicted molar refractivity (Wildman–Crippen MR) is 122 cm³/mol. The molecule has 0 bridgehead atoms. The fraction of sp³-hybridized carbons (Fsp3) is 0.364. The number of hydrogen-bond acceptors (Lipinski definition) is 4. The van der Waals surface area contributed by atoms with Crippen LogP contribution in [0.5, 0.6) is 0 Å². The molecule has 1 aromatic heterocycles. The Hall–Kier alpha value is -1.58. The number of fused-ring (bicyclic) bond motifs is 1. The van der Waals surface area contributed by atoms with Crippen LogP contribution < -0.4 is 5.32 Å². The quantitative estimate of drug-likeness (QED) is 0.460. The van der Waals surface area contributed by atoms with Gasteiger partial charge in [-0.2, -0.15) is 5.10 Å².